The molecule has 4 aromatic heterocycles. The summed E-state index contributed by atoms with van der Waals surface area (Å²) in [4.78, 5) is 15.5. The average molecular weight is 670 g/mol. The third kappa shape index (κ3) is 4.24. The lowest BCUT2D eigenvalue weighted by atomic mass is 10.1. The summed E-state index contributed by atoms with van der Waals surface area (Å²) in [6.07, 6.45) is 0. The molecule has 0 saturated heterocycles. The minimum Gasteiger partial charge on any atom is -0.309 e. The largest absolute Gasteiger partial charge is 0.309 e. The van der Waals surface area contributed by atoms with Crippen LogP contribution >= 0.6 is 11.3 Å². The Labute approximate surface area is 296 Å². The van der Waals surface area contributed by atoms with Crippen LogP contribution in [0.25, 0.3) is 98.2 Å². The number of thiophene rings is 1. The van der Waals surface area contributed by atoms with Crippen LogP contribution in [0.3, 0.4) is 0 Å². The van der Waals surface area contributed by atoms with Gasteiger partial charge in [0, 0.05) is 58.5 Å². The van der Waals surface area contributed by atoms with E-state index in [1.165, 1.54) is 48.1 Å². The Morgan fingerprint density at radius 1 is 0.392 bits per heavy atom. The van der Waals surface area contributed by atoms with Crippen LogP contribution in [0.1, 0.15) is 0 Å². The Kier molecular flexibility index (Phi) is 6.05. The molecule has 6 heteroatoms. The second kappa shape index (κ2) is 10.9. The first-order valence-electron chi connectivity index (χ1n) is 17.0. The molecular formula is C45H27N5S. The van der Waals surface area contributed by atoms with Gasteiger partial charge in [0.2, 0.25) is 5.95 Å². The number of para-hydroxylation sites is 4. The van der Waals surface area contributed by atoms with E-state index in [0.717, 1.165) is 32.5 Å². The van der Waals surface area contributed by atoms with Crippen LogP contribution in [0.5, 0.6) is 0 Å². The van der Waals surface area contributed by atoms with Crippen molar-refractivity contribution in [3.63, 3.8) is 0 Å². The van der Waals surface area contributed by atoms with E-state index >= 15 is 0 Å². The summed E-state index contributed by atoms with van der Waals surface area (Å²) in [5.74, 6) is 1.90. The number of benzene rings is 7. The highest BCUT2D eigenvalue weighted by Crippen LogP contribution is 2.42. The zero-order chi connectivity index (χ0) is 33.5. The average Bonchev–Trinajstić information content (AvgIpc) is 3.86. The molecule has 0 bridgehead atoms. The van der Waals surface area contributed by atoms with E-state index < -0.39 is 0 Å². The molecule has 11 aromatic rings. The fourth-order valence-electron chi connectivity index (χ4n) is 7.74. The molecule has 0 aliphatic carbocycles. The number of fused-ring (bicyclic) bond motifs is 9. The van der Waals surface area contributed by atoms with Crippen molar-refractivity contribution in [2.45, 2.75) is 0 Å². The Balaban J connectivity index is 1.15. The second-order valence-corrected chi connectivity index (χ2v) is 13.9. The van der Waals surface area contributed by atoms with Gasteiger partial charge < -0.3 is 4.57 Å². The maximum atomic E-state index is 5.26. The molecular weight excluding hydrogens is 643 g/mol. The molecule has 0 unspecified atom stereocenters. The molecule has 238 valence electrons. The summed E-state index contributed by atoms with van der Waals surface area (Å²) in [6, 6.07) is 57.8. The predicted octanol–water partition coefficient (Wildman–Crippen LogP) is 11.8. The molecule has 5 nitrogen and oxygen atoms in total. The lowest BCUT2D eigenvalue weighted by Crippen LogP contribution is -2.06. The second-order valence-electron chi connectivity index (χ2n) is 12.9. The molecule has 0 N–H and O–H groups in total. The van der Waals surface area contributed by atoms with Gasteiger partial charge in [0.25, 0.3) is 0 Å². The molecule has 51 heavy (non-hydrogen) atoms. The highest BCUT2D eigenvalue weighted by molar-refractivity contribution is 7.26. The Hall–Kier alpha value is -6.63. The molecule has 0 saturated carbocycles. The monoisotopic (exact) mass is 669 g/mol. The van der Waals surface area contributed by atoms with Crippen LogP contribution < -0.4 is 0 Å². The van der Waals surface area contributed by atoms with Gasteiger partial charge in [0.15, 0.2) is 11.6 Å². The summed E-state index contributed by atoms with van der Waals surface area (Å²) in [7, 11) is 0. The number of nitrogens with zero attached hydrogens (tertiary/aromatic N) is 5. The Morgan fingerprint density at radius 3 is 1.55 bits per heavy atom. The van der Waals surface area contributed by atoms with Crippen molar-refractivity contribution in [2.24, 2.45) is 0 Å². The summed E-state index contributed by atoms with van der Waals surface area (Å²) in [6.45, 7) is 0. The third-order valence-electron chi connectivity index (χ3n) is 10.00. The predicted molar refractivity (Wildman–Crippen MR) is 212 cm³/mol. The third-order valence-corrected chi connectivity index (χ3v) is 11.2. The van der Waals surface area contributed by atoms with Crippen molar-refractivity contribution in [2.75, 3.05) is 0 Å². The van der Waals surface area contributed by atoms with Gasteiger partial charge in [0.1, 0.15) is 0 Å². The van der Waals surface area contributed by atoms with Crippen molar-refractivity contribution in [1.29, 1.82) is 0 Å². The topological polar surface area (TPSA) is 48.5 Å². The van der Waals surface area contributed by atoms with Crippen LogP contribution in [0.15, 0.2) is 164 Å². The molecule has 0 radical (unpaired) electrons. The highest BCUT2D eigenvalue weighted by Gasteiger charge is 2.20. The number of aromatic nitrogens is 5. The van der Waals surface area contributed by atoms with E-state index in [2.05, 4.69) is 155 Å². The van der Waals surface area contributed by atoms with Crippen LogP contribution in [0.4, 0.5) is 0 Å². The Morgan fingerprint density at radius 2 is 0.922 bits per heavy atom. The zero-order valence-electron chi connectivity index (χ0n) is 27.2. The molecule has 7 aromatic carbocycles. The van der Waals surface area contributed by atoms with Crippen molar-refractivity contribution in [1.82, 2.24) is 24.1 Å². The van der Waals surface area contributed by atoms with Gasteiger partial charge in [-0.3, -0.25) is 4.57 Å². The van der Waals surface area contributed by atoms with E-state index in [0.29, 0.717) is 17.6 Å². The van der Waals surface area contributed by atoms with Crippen LogP contribution in [-0.2, 0) is 0 Å². The van der Waals surface area contributed by atoms with E-state index in [4.69, 9.17) is 15.0 Å². The first-order valence-corrected chi connectivity index (χ1v) is 17.9. The van der Waals surface area contributed by atoms with E-state index in [-0.39, 0.29) is 0 Å². The standard InChI is InChI=1S/C45H27N5S/c1-2-13-28(14-3-1)43-46-44(48-45(47-43)50-39-23-10-6-17-32(39)33-18-7-11-24-40(33)50)35-20-12-19-34-36-27-29(25-26-41(36)51-42(34)35)49-37-21-8-4-15-30(37)31-16-5-9-22-38(31)49/h1-27H. The van der Waals surface area contributed by atoms with Gasteiger partial charge in [-0.2, -0.15) is 9.97 Å². The minimum absolute atomic E-state index is 0.600. The van der Waals surface area contributed by atoms with Crippen LogP contribution in [0.2, 0.25) is 0 Å². The molecule has 4 heterocycles. The SMILES string of the molecule is c1ccc(-c2nc(-c3cccc4c3sc3ccc(-n5c6ccccc6c6ccccc65)cc34)nc(-n3c4ccccc4c4ccccc43)n2)cc1. The fourth-order valence-corrected chi connectivity index (χ4v) is 8.93. The smallest absolute Gasteiger partial charge is 0.238 e. The Bertz CT molecular complexity index is 3040. The number of hydrogen-bond acceptors (Lipinski definition) is 4. The van der Waals surface area contributed by atoms with Gasteiger partial charge in [0.05, 0.1) is 22.1 Å². The first-order chi connectivity index (χ1) is 25.3. The maximum absolute atomic E-state index is 5.26. The van der Waals surface area contributed by atoms with Crippen LogP contribution in [-0.4, -0.2) is 24.1 Å². The van der Waals surface area contributed by atoms with Crippen molar-refractivity contribution in [3.8, 4) is 34.4 Å². The quantitative estimate of drug-likeness (QED) is 0.187. The van der Waals surface area contributed by atoms with Gasteiger partial charge in [-0.05, 0) is 48.5 Å². The summed E-state index contributed by atoms with van der Waals surface area (Å²) in [5.41, 5.74) is 7.62. The summed E-state index contributed by atoms with van der Waals surface area (Å²) in [5, 5.41) is 7.26. The van der Waals surface area contributed by atoms with Gasteiger partial charge in [-0.1, -0.05) is 115 Å². The molecule has 0 fully saturated rings. The van der Waals surface area contributed by atoms with E-state index in [1.54, 1.807) is 11.3 Å². The first kappa shape index (κ1) is 28.2. The maximum Gasteiger partial charge on any atom is 0.238 e. The molecule has 0 spiro atoms. The molecule has 0 atom stereocenters. The highest BCUT2D eigenvalue weighted by atomic mass is 32.1. The number of hydrogen-bond donors (Lipinski definition) is 0. The minimum atomic E-state index is 0.600. The van der Waals surface area contributed by atoms with Crippen molar-refractivity contribution >= 4 is 75.1 Å². The van der Waals surface area contributed by atoms with Gasteiger partial charge >= 0.3 is 0 Å². The lowest BCUT2D eigenvalue weighted by Gasteiger charge is -2.11. The van der Waals surface area contributed by atoms with Crippen LogP contribution in [0, 0.1) is 0 Å². The molecule has 11 rings (SSSR count). The summed E-state index contributed by atoms with van der Waals surface area (Å²) >= 11 is 1.79. The van der Waals surface area contributed by atoms with Crippen molar-refractivity contribution < 1.29 is 0 Å². The molecule has 0 aliphatic heterocycles. The normalized spacial score (nSPS) is 11.9. The van der Waals surface area contributed by atoms with E-state index in [1.807, 2.05) is 18.2 Å². The van der Waals surface area contributed by atoms with E-state index in [9.17, 15) is 0 Å². The fraction of sp³-hybridized carbons (Fsp3) is 0. The zero-order valence-corrected chi connectivity index (χ0v) is 28.0. The molecule has 0 aliphatic rings. The van der Waals surface area contributed by atoms with Crippen molar-refractivity contribution in [3.05, 3.63) is 164 Å². The lowest BCUT2D eigenvalue weighted by molar-refractivity contribution is 0.954. The van der Waals surface area contributed by atoms with Gasteiger partial charge in [-0.25, -0.2) is 4.98 Å². The molecule has 0 amide bonds. The summed E-state index contributed by atoms with van der Waals surface area (Å²) < 4.78 is 6.94. The number of rotatable bonds is 4. The van der Waals surface area contributed by atoms with Gasteiger partial charge in [-0.15, -0.1) is 11.3 Å².